The number of aromatic nitrogens is 1. The highest BCUT2D eigenvalue weighted by Crippen LogP contribution is 2.36. The van der Waals surface area contributed by atoms with E-state index in [1.807, 2.05) is 6.20 Å². The van der Waals surface area contributed by atoms with E-state index >= 15 is 0 Å². The summed E-state index contributed by atoms with van der Waals surface area (Å²) >= 11 is 0. The molecule has 0 amide bonds. The van der Waals surface area contributed by atoms with E-state index < -0.39 is 0 Å². The molecule has 18 heavy (non-hydrogen) atoms. The number of aryl methyl sites for hydroxylation is 1. The Morgan fingerprint density at radius 3 is 2.72 bits per heavy atom. The molecule has 0 saturated carbocycles. The highest BCUT2D eigenvalue weighted by Gasteiger charge is 2.39. The maximum Gasteiger partial charge on any atom is 0.128 e. The molecular weight excluding hydrogens is 222 g/mol. The zero-order valence-electron chi connectivity index (χ0n) is 11.3. The molecule has 3 rings (SSSR count). The quantitative estimate of drug-likeness (QED) is 0.885. The second-order valence-corrected chi connectivity index (χ2v) is 5.86. The highest BCUT2D eigenvalue weighted by atomic mass is 15.2. The average Bonchev–Trinajstić information content (AvgIpc) is 2.38. The number of anilines is 1. The first kappa shape index (κ1) is 12.0. The molecule has 2 aliphatic rings. The maximum atomic E-state index is 4.55. The third-order valence-corrected chi connectivity index (χ3v) is 4.50. The van der Waals surface area contributed by atoms with Crippen molar-refractivity contribution in [2.75, 3.05) is 31.1 Å². The van der Waals surface area contributed by atoms with Crippen molar-refractivity contribution in [3.63, 3.8) is 0 Å². The van der Waals surface area contributed by atoms with Gasteiger partial charge in [0.25, 0.3) is 0 Å². The zero-order valence-corrected chi connectivity index (χ0v) is 11.3. The number of hydrogen-bond donors (Lipinski definition) is 1. The molecule has 3 heteroatoms. The molecular formula is C15H23N3. The van der Waals surface area contributed by atoms with E-state index in [0.717, 1.165) is 6.42 Å². The Kier molecular flexibility index (Phi) is 3.25. The lowest BCUT2D eigenvalue weighted by Gasteiger charge is -2.48. The van der Waals surface area contributed by atoms with Crippen LogP contribution in [0.5, 0.6) is 0 Å². The second-order valence-electron chi connectivity index (χ2n) is 5.86. The van der Waals surface area contributed by atoms with Crippen LogP contribution in [0.2, 0.25) is 0 Å². The summed E-state index contributed by atoms with van der Waals surface area (Å²) in [7, 11) is 0. The van der Waals surface area contributed by atoms with Gasteiger partial charge in [-0.3, -0.25) is 0 Å². The number of piperidine rings is 1. The van der Waals surface area contributed by atoms with Crippen LogP contribution in [0.1, 0.15) is 31.7 Å². The van der Waals surface area contributed by atoms with Crippen molar-refractivity contribution in [2.24, 2.45) is 5.41 Å². The first-order chi connectivity index (χ1) is 8.81. The molecule has 1 aromatic rings. The van der Waals surface area contributed by atoms with Gasteiger partial charge in [0.15, 0.2) is 0 Å². The molecule has 0 aromatic carbocycles. The number of hydrogen-bond acceptors (Lipinski definition) is 3. The maximum absolute atomic E-state index is 4.55. The normalized spacial score (nSPS) is 21.9. The molecule has 1 spiro atoms. The van der Waals surface area contributed by atoms with Crippen molar-refractivity contribution in [3.8, 4) is 0 Å². The first-order valence-corrected chi connectivity index (χ1v) is 7.22. The van der Waals surface area contributed by atoms with E-state index in [-0.39, 0.29) is 0 Å². The Balaban J connectivity index is 1.66. The van der Waals surface area contributed by atoms with Crippen LogP contribution in [0, 0.1) is 5.41 Å². The summed E-state index contributed by atoms with van der Waals surface area (Å²) in [6.07, 6.45) is 6.98. The van der Waals surface area contributed by atoms with Gasteiger partial charge >= 0.3 is 0 Å². The Bertz CT molecular complexity index is 402. The van der Waals surface area contributed by atoms with E-state index in [2.05, 4.69) is 34.3 Å². The Morgan fingerprint density at radius 1 is 1.33 bits per heavy atom. The summed E-state index contributed by atoms with van der Waals surface area (Å²) in [4.78, 5) is 7.01. The van der Waals surface area contributed by atoms with Crippen LogP contribution >= 0.6 is 0 Å². The monoisotopic (exact) mass is 245 g/mol. The minimum atomic E-state index is 0.623. The minimum Gasteiger partial charge on any atom is -0.357 e. The lowest BCUT2D eigenvalue weighted by Crippen LogP contribution is -2.58. The summed E-state index contributed by atoms with van der Waals surface area (Å²) in [5, 5.41) is 3.42. The fraction of sp³-hybridized carbons (Fsp3) is 0.667. The molecule has 2 saturated heterocycles. The van der Waals surface area contributed by atoms with Gasteiger partial charge < -0.3 is 10.2 Å². The molecule has 1 N–H and O–H groups in total. The smallest absolute Gasteiger partial charge is 0.128 e. The van der Waals surface area contributed by atoms with Crippen molar-refractivity contribution in [1.82, 2.24) is 10.3 Å². The van der Waals surface area contributed by atoms with Crippen LogP contribution in [0.25, 0.3) is 0 Å². The molecule has 0 bridgehead atoms. The second kappa shape index (κ2) is 4.88. The fourth-order valence-corrected chi connectivity index (χ4v) is 3.12. The summed E-state index contributed by atoms with van der Waals surface area (Å²) in [6, 6.07) is 4.43. The molecule has 0 atom stereocenters. The van der Waals surface area contributed by atoms with E-state index in [9.17, 15) is 0 Å². The molecule has 0 radical (unpaired) electrons. The molecule has 98 valence electrons. The van der Waals surface area contributed by atoms with Crippen molar-refractivity contribution in [2.45, 2.75) is 32.6 Å². The van der Waals surface area contributed by atoms with Crippen LogP contribution in [0.4, 0.5) is 5.82 Å². The van der Waals surface area contributed by atoms with Crippen LogP contribution in [0.3, 0.4) is 0 Å². The van der Waals surface area contributed by atoms with Crippen molar-refractivity contribution in [3.05, 3.63) is 23.9 Å². The van der Waals surface area contributed by atoms with Gasteiger partial charge in [0, 0.05) is 32.4 Å². The minimum absolute atomic E-state index is 0.623. The van der Waals surface area contributed by atoms with Gasteiger partial charge in [-0.2, -0.15) is 0 Å². The highest BCUT2D eigenvalue weighted by molar-refractivity contribution is 5.41. The Morgan fingerprint density at radius 2 is 2.11 bits per heavy atom. The molecule has 0 aliphatic carbocycles. The largest absolute Gasteiger partial charge is 0.357 e. The Hall–Kier alpha value is -1.09. The zero-order chi connectivity index (χ0) is 12.4. The van der Waals surface area contributed by atoms with E-state index in [1.165, 1.54) is 56.8 Å². The number of rotatable bonds is 3. The summed E-state index contributed by atoms with van der Waals surface area (Å²) < 4.78 is 0. The fourth-order valence-electron chi connectivity index (χ4n) is 3.12. The van der Waals surface area contributed by atoms with Crippen molar-refractivity contribution < 1.29 is 0 Å². The number of pyridine rings is 1. The number of nitrogens with zero attached hydrogens (tertiary/aromatic N) is 2. The third-order valence-electron chi connectivity index (χ3n) is 4.50. The lowest BCUT2D eigenvalue weighted by molar-refractivity contribution is 0.126. The Labute approximate surface area is 110 Å². The average molecular weight is 245 g/mol. The predicted molar refractivity (Wildman–Crippen MR) is 75.0 cm³/mol. The van der Waals surface area contributed by atoms with Gasteiger partial charge in [-0.15, -0.1) is 0 Å². The van der Waals surface area contributed by atoms with Gasteiger partial charge in [-0.1, -0.05) is 13.3 Å². The van der Waals surface area contributed by atoms with E-state index in [1.54, 1.807) is 0 Å². The van der Waals surface area contributed by atoms with Crippen LogP contribution in [-0.4, -0.2) is 31.2 Å². The van der Waals surface area contributed by atoms with Crippen LogP contribution in [0.15, 0.2) is 18.3 Å². The summed E-state index contributed by atoms with van der Waals surface area (Å²) in [6.45, 7) is 7.02. The molecule has 3 heterocycles. The lowest BCUT2D eigenvalue weighted by atomic mass is 9.73. The van der Waals surface area contributed by atoms with Gasteiger partial charge in [0.2, 0.25) is 0 Å². The first-order valence-electron chi connectivity index (χ1n) is 7.22. The molecule has 2 fully saturated rings. The van der Waals surface area contributed by atoms with Gasteiger partial charge in [0.1, 0.15) is 5.82 Å². The SMILES string of the molecule is CCCc1ccnc(N2CCC3(CC2)CNC3)c1. The van der Waals surface area contributed by atoms with E-state index in [0.29, 0.717) is 5.41 Å². The summed E-state index contributed by atoms with van der Waals surface area (Å²) in [5.74, 6) is 1.18. The standard InChI is InChI=1S/C15H23N3/c1-2-3-13-4-7-17-14(10-13)18-8-5-15(6-9-18)11-16-12-15/h4,7,10,16H,2-3,5-6,8-9,11-12H2,1H3. The third kappa shape index (κ3) is 2.24. The van der Waals surface area contributed by atoms with Crippen molar-refractivity contribution in [1.29, 1.82) is 0 Å². The molecule has 1 aromatic heterocycles. The van der Waals surface area contributed by atoms with Gasteiger partial charge in [0.05, 0.1) is 0 Å². The van der Waals surface area contributed by atoms with Crippen LogP contribution in [-0.2, 0) is 6.42 Å². The molecule has 3 nitrogen and oxygen atoms in total. The predicted octanol–water partition coefficient (Wildman–Crippen LogP) is 2.22. The number of nitrogens with one attached hydrogen (secondary N) is 1. The molecule has 2 aliphatic heterocycles. The van der Waals surface area contributed by atoms with Gasteiger partial charge in [-0.05, 0) is 42.4 Å². The van der Waals surface area contributed by atoms with Crippen molar-refractivity contribution >= 4 is 5.82 Å². The summed E-state index contributed by atoms with van der Waals surface area (Å²) in [5.41, 5.74) is 2.05. The van der Waals surface area contributed by atoms with Crippen LogP contribution < -0.4 is 10.2 Å². The van der Waals surface area contributed by atoms with E-state index in [4.69, 9.17) is 0 Å². The van der Waals surface area contributed by atoms with Gasteiger partial charge in [-0.25, -0.2) is 4.98 Å². The topological polar surface area (TPSA) is 28.2 Å². The molecule has 0 unspecified atom stereocenters.